The van der Waals surface area contributed by atoms with Crippen molar-refractivity contribution in [3.8, 4) is 0 Å². The van der Waals surface area contributed by atoms with Gasteiger partial charge in [-0.05, 0) is 43.7 Å². The first-order valence-electron chi connectivity index (χ1n) is 8.91. The van der Waals surface area contributed by atoms with Gasteiger partial charge in [-0.1, -0.05) is 49.6 Å². The zero-order valence-electron chi connectivity index (χ0n) is 13.3. The van der Waals surface area contributed by atoms with Crippen molar-refractivity contribution < 1.29 is 0 Å². The molecule has 0 spiro atoms. The summed E-state index contributed by atoms with van der Waals surface area (Å²) in [5.74, 6) is 0.940. The number of aryl methyl sites for hydroxylation is 1. The summed E-state index contributed by atoms with van der Waals surface area (Å²) in [6.45, 7) is 4.96. The Morgan fingerprint density at radius 2 is 1.86 bits per heavy atom. The molecular weight excluding hydrogens is 256 g/mol. The van der Waals surface area contributed by atoms with Gasteiger partial charge in [0, 0.05) is 25.7 Å². The van der Waals surface area contributed by atoms with Crippen LogP contribution in [0.3, 0.4) is 0 Å². The molecule has 2 fully saturated rings. The Morgan fingerprint density at radius 1 is 1.05 bits per heavy atom. The topological polar surface area (TPSA) is 15.3 Å². The summed E-state index contributed by atoms with van der Waals surface area (Å²) in [7, 11) is 0. The highest BCUT2D eigenvalue weighted by molar-refractivity contribution is 5.14. The van der Waals surface area contributed by atoms with E-state index in [-0.39, 0.29) is 0 Å². The molecule has 1 aromatic carbocycles. The number of hydrogen-bond acceptors (Lipinski definition) is 2. The fraction of sp³-hybridized carbons (Fsp3) is 0.684. The van der Waals surface area contributed by atoms with Crippen LogP contribution in [-0.2, 0) is 6.42 Å². The molecule has 2 nitrogen and oxygen atoms in total. The van der Waals surface area contributed by atoms with Gasteiger partial charge in [-0.3, -0.25) is 0 Å². The SMILES string of the molecule is c1ccc(CCCN2CCNC(C3CCCCC3)C2)cc1. The lowest BCUT2D eigenvalue weighted by Crippen LogP contribution is -2.54. The van der Waals surface area contributed by atoms with E-state index in [9.17, 15) is 0 Å². The summed E-state index contributed by atoms with van der Waals surface area (Å²) in [6.07, 6.45) is 9.79. The van der Waals surface area contributed by atoms with Gasteiger partial charge in [0.25, 0.3) is 0 Å². The van der Waals surface area contributed by atoms with Crippen LogP contribution >= 0.6 is 0 Å². The highest BCUT2D eigenvalue weighted by Crippen LogP contribution is 2.27. The molecule has 1 atom stereocenters. The molecule has 116 valence electrons. The summed E-state index contributed by atoms with van der Waals surface area (Å²) in [5, 5.41) is 3.79. The molecule has 0 radical (unpaired) electrons. The summed E-state index contributed by atoms with van der Waals surface area (Å²) in [4.78, 5) is 2.69. The van der Waals surface area contributed by atoms with Crippen molar-refractivity contribution in [3.63, 3.8) is 0 Å². The van der Waals surface area contributed by atoms with Crippen LogP contribution in [-0.4, -0.2) is 37.1 Å². The average Bonchev–Trinajstić information content (AvgIpc) is 2.57. The third-order valence-electron chi connectivity index (χ3n) is 5.29. The molecule has 1 N–H and O–H groups in total. The molecule has 1 saturated carbocycles. The second kappa shape index (κ2) is 7.95. The molecule has 1 aliphatic heterocycles. The summed E-state index contributed by atoms with van der Waals surface area (Å²) < 4.78 is 0. The van der Waals surface area contributed by atoms with Crippen LogP contribution < -0.4 is 5.32 Å². The quantitative estimate of drug-likeness (QED) is 0.891. The molecule has 3 rings (SSSR count). The van der Waals surface area contributed by atoms with E-state index in [0.29, 0.717) is 0 Å². The standard InChI is InChI=1S/C19H30N2/c1-3-8-17(9-4-1)10-7-14-21-15-13-20-19(16-21)18-11-5-2-6-12-18/h1,3-4,8-9,18-20H,2,5-7,10-16H2. The van der Waals surface area contributed by atoms with Gasteiger partial charge in [-0.2, -0.15) is 0 Å². The Balaban J connectivity index is 1.41. The third kappa shape index (κ3) is 4.55. The second-order valence-corrected chi connectivity index (χ2v) is 6.85. The number of hydrogen-bond donors (Lipinski definition) is 1. The van der Waals surface area contributed by atoms with Crippen LogP contribution in [0.1, 0.15) is 44.1 Å². The van der Waals surface area contributed by atoms with E-state index in [0.717, 1.165) is 12.0 Å². The summed E-state index contributed by atoms with van der Waals surface area (Å²) >= 11 is 0. The van der Waals surface area contributed by atoms with Crippen molar-refractivity contribution in [2.75, 3.05) is 26.2 Å². The van der Waals surface area contributed by atoms with Gasteiger partial charge in [-0.15, -0.1) is 0 Å². The number of piperazine rings is 1. The van der Waals surface area contributed by atoms with Gasteiger partial charge >= 0.3 is 0 Å². The van der Waals surface area contributed by atoms with Crippen LogP contribution in [0.25, 0.3) is 0 Å². The number of nitrogens with zero attached hydrogens (tertiary/aromatic N) is 1. The summed E-state index contributed by atoms with van der Waals surface area (Å²) in [6, 6.07) is 11.7. The molecule has 1 heterocycles. The third-order valence-corrected chi connectivity index (χ3v) is 5.29. The molecule has 21 heavy (non-hydrogen) atoms. The predicted octanol–water partition coefficient (Wildman–Crippen LogP) is 3.47. The van der Waals surface area contributed by atoms with Gasteiger partial charge in [0.15, 0.2) is 0 Å². The van der Waals surface area contributed by atoms with E-state index >= 15 is 0 Å². The van der Waals surface area contributed by atoms with Gasteiger partial charge in [-0.25, -0.2) is 0 Å². The zero-order chi connectivity index (χ0) is 14.3. The normalized spacial score (nSPS) is 25.0. The maximum Gasteiger partial charge on any atom is 0.0223 e. The average molecular weight is 286 g/mol. The van der Waals surface area contributed by atoms with E-state index in [1.807, 2.05) is 0 Å². The minimum atomic E-state index is 0.760. The van der Waals surface area contributed by atoms with Crippen molar-refractivity contribution in [2.45, 2.75) is 51.0 Å². The van der Waals surface area contributed by atoms with Gasteiger partial charge in [0.05, 0.1) is 0 Å². The van der Waals surface area contributed by atoms with E-state index in [2.05, 4.69) is 40.5 Å². The monoisotopic (exact) mass is 286 g/mol. The molecule has 1 aromatic rings. The minimum Gasteiger partial charge on any atom is -0.311 e. The molecule has 1 saturated heterocycles. The second-order valence-electron chi connectivity index (χ2n) is 6.85. The largest absolute Gasteiger partial charge is 0.311 e. The van der Waals surface area contributed by atoms with Crippen molar-refractivity contribution in [1.29, 1.82) is 0 Å². The molecule has 0 amide bonds. The lowest BCUT2D eigenvalue weighted by Gasteiger charge is -2.39. The van der Waals surface area contributed by atoms with Crippen molar-refractivity contribution >= 4 is 0 Å². The van der Waals surface area contributed by atoms with E-state index in [1.54, 1.807) is 0 Å². The van der Waals surface area contributed by atoms with Gasteiger partial charge < -0.3 is 10.2 Å². The van der Waals surface area contributed by atoms with Crippen LogP contribution in [0.5, 0.6) is 0 Å². The Labute approximate surface area is 129 Å². The van der Waals surface area contributed by atoms with E-state index < -0.39 is 0 Å². The number of nitrogens with one attached hydrogen (secondary N) is 1. The molecule has 1 unspecified atom stereocenters. The van der Waals surface area contributed by atoms with Crippen LogP contribution in [0.15, 0.2) is 30.3 Å². The number of rotatable bonds is 5. The predicted molar refractivity (Wildman–Crippen MR) is 89.6 cm³/mol. The Bertz CT molecular complexity index is 397. The molecular formula is C19H30N2. The number of benzene rings is 1. The first-order valence-corrected chi connectivity index (χ1v) is 8.91. The highest BCUT2D eigenvalue weighted by Gasteiger charge is 2.27. The lowest BCUT2D eigenvalue weighted by molar-refractivity contribution is 0.145. The minimum absolute atomic E-state index is 0.760. The Kier molecular flexibility index (Phi) is 5.70. The van der Waals surface area contributed by atoms with Gasteiger partial charge in [0.2, 0.25) is 0 Å². The van der Waals surface area contributed by atoms with Crippen LogP contribution in [0.4, 0.5) is 0 Å². The Morgan fingerprint density at radius 3 is 2.67 bits per heavy atom. The van der Waals surface area contributed by atoms with E-state index in [4.69, 9.17) is 0 Å². The van der Waals surface area contributed by atoms with Crippen LogP contribution in [0.2, 0.25) is 0 Å². The van der Waals surface area contributed by atoms with Gasteiger partial charge in [0.1, 0.15) is 0 Å². The fourth-order valence-corrected chi connectivity index (χ4v) is 4.05. The van der Waals surface area contributed by atoms with Crippen molar-refractivity contribution in [3.05, 3.63) is 35.9 Å². The molecule has 1 aliphatic carbocycles. The van der Waals surface area contributed by atoms with E-state index in [1.165, 1.54) is 76.7 Å². The summed E-state index contributed by atoms with van der Waals surface area (Å²) in [5.41, 5.74) is 1.48. The van der Waals surface area contributed by atoms with Crippen molar-refractivity contribution in [2.24, 2.45) is 5.92 Å². The van der Waals surface area contributed by atoms with Crippen LogP contribution in [0, 0.1) is 5.92 Å². The maximum absolute atomic E-state index is 3.79. The maximum atomic E-state index is 3.79. The molecule has 2 aliphatic rings. The molecule has 0 bridgehead atoms. The highest BCUT2D eigenvalue weighted by atomic mass is 15.2. The zero-order valence-corrected chi connectivity index (χ0v) is 13.3. The first-order chi connectivity index (χ1) is 10.4. The lowest BCUT2D eigenvalue weighted by atomic mass is 9.83. The molecule has 0 aromatic heterocycles. The van der Waals surface area contributed by atoms with Crippen molar-refractivity contribution in [1.82, 2.24) is 10.2 Å². The molecule has 2 heteroatoms. The fourth-order valence-electron chi connectivity index (χ4n) is 4.05. The first kappa shape index (κ1) is 15.1. The smallest absolute Gasteiger partial charge is 0.0223 e. The Hall–Kier alpha value is -0.860.